The number of carbonyl (C=O) groups excluding carboxylic acids is 1. The van der Waals surface area contributed by atoms with E-state index >= 15 is 0 Å². The van der Waals surface area contributed by atoms with E-state index in [0.717, 1.165) is 36.7 Å². The van der Waals surface area contributed by atoms with Gasteiger partial charge in [0.2, 0.25) is 5.91 Å². The van der Waals surface area contributed by atoms with Crippen LogP contribution in [0.25, 0.3) is 0 Å². The van der Waals surface area contributed by atoms with E-state index in [2.05, 4.69) is 41.4 Å². The average molecular weight is 419 g/mol. The summed E-state index contributed by atoms with van der Waals surface area (Å²) in [6.45, 7) is 8.20. The van der Waals surface area contributed by atoms with Gasteiger partial charge in [-0.2, -0.15) is 0 Å². The average Bonchev–Trinajstić information content (AvgIpc) is 2.68. The third-order valence-corrected chi connectivity index (χ3v) is 6.05. The van der Waals surface area contributed by atoms with Gasteiger partial charge in [-0.15, -0.1) is 11.8 Å². The first-order chi connectivity index (χ1) is 13.5. The van der Waals surface area contributed by atoms with E-state index in [0.29, 0.717) is 11.6 Å². The summed E-state index contributed by atoms with van der Waals surface area (Å²) < 4.78 is 5.61. The molecule has 6 heteroatoms. The molecule has 0 bridgehead atoms. The quantitative estimate of drug-likeness (QED) is 0.678. The number of benzene rings is 2. The van der Waals surface area contributed by atoms with Gasteiger partial charge in [0.15, 0.2) is 0 Å². The highest BCUT2D eigenvalue weighted by atomic mass is 35.5. The standard InChI is InChI=1S/C22H27ClN2O2S/c1-16-14-25(10-11-27-16)15-19-5-3-4-18(12-19)13-24-22(26)17(2)28-21-8-6-20(23)7-9-21/h3-9,12,16-17H,10-11,13-15H2,1-2H3,(H,24,26). The van der Waals surface area contributed by atoms with Crippen molar-refractivity contribution in [1.82, 2.24) is 10.2 Å². The minimum atomic E-state index is -0.167. The number of rotatable bonds is 7. The Bertz CT molecular complexity index is 784. The summed E-state index contributed by atoms with van der Waals surface area (Å²) in [5, 5.41) is 3.58. The third kappa shape index (κ3) is 6.52. The fourth-order valence-corrected chi connectivity index (χ4v) is 4.25. The zero-order valence-corrected chi connectivity index (χ0v) is 17.9. The molecule has 150 valence electrons. The molecule has 2 aromatic carbocycles. The monoisotopic (exact) mass is 418 g/mol. The zero-order chi connectivity index (χ0) is 19.9. The van der Waals surface area contributed by atoms with Gasteiger partial charge in [-0.1, -0.05) is 35.9 Å². The molecule has 1 heterocycles. The molecule has 1 aliphatic rings. The van der Waals surface area contributed by atoms with Crippen LogP contribution in [0.1, 0.15) is 25.0 Å². The largest absolute Gasteiger partial charge is 0.376 e. The lowest BCUT2D eigenvalue weighted by molar-refractivity contribution is -0.120. The fraction of sp³-hybridized carbons (Fsp3) is 0.409. The summed E-state index contributed by atoms with van der Waals surface area (Å²) >= 11 is 7.44. The lowest BCUT2D eigenvalue weighted by atomic mass is 10.1. The third-order valence-electron chi connectivity index (χ3n) is 4.69. The minimum Gasteiger partial charge on any atom is -0.376 e. The molecule has 0 aliphatic carbocycles. The number of halogens is 1. The highest BCUT2D eigenvalue weighted by Crippen LogP contribution is 2.24. The highest BCUT2D eigenvalue weighted by molar-refractivity contribution is 8.00. The van der Waals surface area contributed by atoms with E-state index < -0.39 is 0 Å². The van der Waals surface area contributed by atoms with E-state index in [1.165, 1.54) is 17.3 Å². The second-order valence-corrected chi connectivity index (χ2v) is 9.02. The van der Waals surface area contributed by atoms with Gasteiger partial charge in [0.25, 0.3) is 0 Å². The van der Waals surface area contributed by atoms with Crippen molar-refractivity contribution in [3.05, 3.63) is 64.7 Å². The van der Waals surface area contributed by atoms with Crippen LogP contribution in [0.4, 0.5) is 0 Å². The Morgan fingerprint density at radius 1 is 1.29 bits per heavy atom. The van der Waals surface area contributed by atoms with E-state index in [1.807, 2.05) is 31.2 Å². The van der Waals surface area contributed by atoms with Crippen LogP contribution in [-0.4, -0.2) is 41.9 Å². The van der Waals surface area contributed by atoms with Gasteiger partial charge in [-0.3, -0.25) is 9.69 Å². The van der Waals surface area contributed by atoms with E-state index in [9.17, 15) is 4.79 Å². The van der Waals surface area contributed by atoms with Gasteiger partial charge in [0.05, 0.1) is 18.0 Å². The molecule has 1 fully saturated rings. The van der Waals surface area contributed by atoms with Crippen molar-refractivity contribution in [2.45, 2.75) is 43.2 Å². The molecule has 2 unspecified atom stereocenters. The molecular formula is C22H27ClN2O2S. The van der Waals surface area contributed by atoms with Crippen molar-refractivity contribution in [3.63, 3.8) is 0 Å². The molecule has 0 aromatic heterocycles. The molecule has 3 rings (SSSR count). The summed E-state index contributed by atoms with van der Waals surface area (Å²) in [5.74, 6) is 0.0346. The lowest BCUT2D eigenvalue weighted by Gasteiger charge is -2.31. The number of nitrogens with zero attached hydrogens (tertiary/aromatic N) is 1. The Kier molecular flexibility index (Phi) is 7.80. The van der Waals surface area contributed by atoms with Crippen LogP contribution in [-0.2, 0) is 22.6 Å². The Balaban J connectivity index is 1.49. The van der Waals surface area contributed by atoms with Gasteiger partial charge in [-0.25, -0.2) is 0 Å². The molecule has 28 heavy (non-hydrogen) atoms. The topological polar surface area (TPSA) is 41.6 Å². The van der Waals surface area contributed by atoms with Crippen LogP contribution >= 0.6 is 23.4 Å². The molecule has 1 aliphatic heterocycles. The van der Waals surface area contributed by atoms with Crippen LogP contribution in [0.15, 0.2) is 53.4 Å². The van der Waals surface area contributed by atoms with Crippen molar-refractivity contribution in [2.24, 2.45) is 0 Å². The maximum absolute atomic E-state index is 12.4. The summed E-state index contributed by atoms with van der Waals surface area (Å²) in [6.07, 6.45) is 0.288. The first-order valence-electron chi connectivity index (χ1n) is 9.61. The SMILES string of the molecule is CC1CN(Cc2cccc(CNC(=O)C(C)Sc3ccc(Cl)cc3)c2)CCO1. The summed E-state index contributed by atoms with van der Waals surface area (Å²) in [6, 6.07) is 16.0. The van der Waals surface area contributed by atoms with Crippen molar-refractivity contribution < 1.29 is 9.53 Å². The van der Waals surface area contributed by atoms with Crippen LogP contribution < -0.4 is 5.32 Å². The highest BCUT2D eigenvalue weighted by Gasteiger charge is 2.17. The van der Waals surface area contributed by atoms with Crippen molar-refractivity contribution in [1.29, 1.82) is 0 Å². The second-order valence-electron chi connectivity index (χ2n) is 7.17. The van der Waals surface area contributed by atoms with Crippen molar-refractivity contribution in [2.75, 3.05) is 19.7 Å². The number of hydrogen-bond acceptors (Lipinski definition) is 4. The molecular weight excluding hydrogens is 392 g/mol. The van der Waals surface area contributed by atoms with Crippen LogP contribution in [0, 0.1) is 0 Å². The molecule has 0 saturated carbocycles. The number of carbonyl (C=O) groups is 1. The normalized spacial score (nSPS) is 18.6. The smallest absolute Gasteiger partial charge is 0.233 e. The van der Waals surface area contributed by atoms with Gasteiger partial charge in [0, 0.05) is 36.1 Å². The predicted octanol–water partition coefficient (Wildman–Crippen LogP) is 4.36. The number of ether oxygens (including phenoxy) is 1. The van der Waals surface area contributed by atoms with Crippen LogP contribution in [0.3, 0.4) is 0 Å². The van der Waals surface area contributed by atoms with E-state index in [4.69, 9.17) is 16.3 Å². The lowest BCUT2D eigenvalue weighted by Crippen LogP contribution is -2.40. The van der Waals surface area contributed by atoms with Crippen LogP contribution in [0.2, 0.25) is 5.02 Å². The maximum atomic E-state index is 12.4. The second kappa shape index (κ2) is 10.3. The van der Waals surface area contributed by atoms with Gasteiger partial charge >= 0.3 is 0 Å². The molecule has 2 atom stereocenters. The number of morpholine rings is 1. The first kappa shape index (κ1) is 21.2. The van der Waals surface area contributed by atoms with E-state index in [1.54, 1.807) is 0 Å². The van der Waals surface area contributed by atoms with Gasteiger partial charge < -0.3 is 10.1 Å². The molecule has 1 amide bonds. The van der Waals surface area contributed by atoms with E-state index in [-0.39, 0.29) is 17.3 Å². The van der Waals surface area contributed by atoms with Crippen LogP contribution in [0.5, 0.6) is 0 Å². The minimum absolute atomic E-state index is 0.0346. The Labute approximate surface area is 176 Å². The molecule has 4 nitrogen and oxygen atoms in total. The molecule has 2 aromatic rings. The zero-order valence-electron chi connectivity index (χ0n) is 16.4. The Morgan fingerprint density at radius 3 is 2.79 bits per heavy atom. The summed E-state index contributed by atoms with van der Waals surface area (Å²) in [4.78, 5) is 15.9. The van der Waals surface area contributed by atoms with Crippen molar-refractivity contribution in [3.8, 4) is 0 Å². The maximum Gasteiger partial charge on any atom is 0.233 e. The Morgan fingerprint density at radius 2 is 2.04 bits per heavy atom. The number of hydrogen-bond donors (Lipinski definition) is 1. The Hall–Kier alpha value is -1.53. The van der Waals surface area contributed by atoms with Gasteiger partial charge in [0.1, 0.15) is 0 Å². The summed E-state index contributed by atoms with van der Waals surface area (Å²) in [5.41, 5.74) is 2.39. The first-order valence-corrected chi connectivity index (χ1v) is 10.9. The van der Waals surface area contributed by atoms with Crippen molar-refractivity contribution >= 4 is 29.3 Å². The predicted molar refractivity (Wildman–Crippen MR) is 116 cm³/mol. The molecule has 0 spiro atoms. The number of amides is 1. The summed E-state index contributed by atoms with van der Waals surface area (Å²) in [7, 11) is 0. The fourth-order valence-electron chi connectivity index (χ4n) is 3.23. The molecule has 1 saturated heterocycles. The molecule has 1 N–H and O–H groups in total. The number of thioether (sulfide) groups is 1. The van der Waals surface area contributed by atoms with Gasteiger partial charge in [-0.05, 0) is 49.2 Å². The number of nitrogens with one attached hydrogen (secondary N) is 1. The molecule has 0 radical (unpaired) electrons.